The van der Waals surface area contributed by atoms with Crippen molar-refractivity contribution in [3.05, 3.63) is 33.8 Å². The molecule has 0 spiro atoms. The molecule has 0 bridgehead atoms. The van der Waals surface area contributed by atoms with Crippen LogP contribution in [0.1, 0.15) is 37.2 Å². The second-order valence-corrected chi connectivity index (χ2v) is 6.13. The van der Waals surface area contributed by atoms with Crippen molar-refractivity contribution in [2.45, 2.75) is 37.7 Å². The molecule has 0 saturated heterocycles. The minimum absolute atomic E-state index is 0.243. The molecule has 3 atom stereocenters. The van der Waals surface area contributed by atoms with Crippen molar-refractivity contribution in [1.29, 1.82) is 0 Å². The van der Waals surface area contributed by atoms with E-state index >= 15 is 0 Å². The average molecular weight is 317 g/mol. The SMILES string of the molecule is COC(=O)C(CC1CCC(O)C1)c1ccc(Cl)c(Cl)c1. The first kappa shape index (κ1) is 15.6. The van der Waals surface area contributed by atoms with E-state index in [0.717, 1.165) is 24.8 Å². The number of benzene rings is 1. The number of halogens is 2. The van der Waals surface area contributed by atoms with Gasteiger partial charge in [0.05, 0.1) is 29.2 Å². The second-order valence-electron chi connectivity index (χ2n) is 5.32. The van der Waals surface area contributed by atoms with Crippen molar-refractivity contribution in [2.24, 2.45) is 5.92 Å². The summed E-state index contributed by atoms with van der Waals surface area (Å²) < 4.78 is 4.90. The van der Waals surface area contributed by atoms with E-state index in [9.17, 15) is 9.90 Å². The zero-order valence-electron chi connectivity index (χ0n) is 11.3. The first-order valence-electron chi connectivity index (χ1n) is 6.72. The smallest absolute Gasteiger partial charge is 0.313 e. The number of methoxy groups -OCH3 is 1. The molecular formula is C15H18Cl2O3. The van der Waals surface area contributed by atoms with Gasteiger partial charge in [0, 0.05) is 0 Å². The third-order valence-electron chi connectivity index (χ3n) is 3.91. The number of hydrogen-bond donors (Lipinski definition) is 1. The molecule has 5 heteroatoms. The van der Waals surface area contributed by atoms with Crippen LogP contribution in [0, 0.1) is 5.92 Å². The summed E-state index contributed by atoms with van der Waals surface area (Å²) in [5.74, 6) is -0.293. The monoisotopic (exact) mass is 316 g/mol. The van der Waals surface area contributed by atoms with Gasteiger partial charge in [0.2, 0.25) is 0 Å². The fourth-order valence-corrected chi connectivity index (χ4v) is 3.14. The highest BCUT2D eigenvalue weighted by molar-refractivity contribution is 6.42. The molecule has 1 aliphatic rings. The quantitative estimate of drug-likeness (QED) is 0.859. The van der Waals surface area contributed by atoms with E-state index < -0.39 is 0 Å². The molecule has 0 radical (unpaired) electrons. The molecule has 3 nitrogen and oxygen atoms in total. The van der Waals surface area contributed by atoms with Gasteiger partial charge in [0.15, 0.2) is 0 Å². The highest BCUT2D eigenvalue weighted by Crippen LogP contribution is 2.36. The summed E-state index contributed by atoms with van der Waals surface area (Å²) in [5, 5.41) is 10.5. The van der Waals surface area contributed by atoms with Crippen LogP contribution in [0.25, 0.3) is 0 Å². The van der Waals surface area contributed by atoms with Crippen LogP contribution in [0.2, 0.25) is 10.0 Å². The highest BCUT2D eigenvalue weighted by Gasteiger charge is 2.30. The summed E-state index contributed by atoms with van der Waals surface area (Å²) >= 11 is 11.9. The molecule has 20 heavy (non-hydrogen) atoms. The minimum Gasteiger partial charge on any atom is -0.469 e. The lowest BCUT2D eigenvalue weighted by molar-refractivity contribution is -0.142. The van der Waals surface area contributed by atoms with Crippen molar-refractivity contribution >= 4 is 29.2 Å². The van der Waals surface area contributed by atoms with Crippen LogP contribution in [-0.4, -0.2) is 24.3 Å². The van der Waals surface area contributed by atoms with Crippen LogP contribution in [0.3, 0.4) is 0 Å². The predicted molar refractivity (Wildman–Crippen MR) is 79.2 cm³/mol. The van der Waals surface area contributed by atoms with Crippen LogP contribution < -0.4 is 0 Å². The summed E-state index contributed by atoms with van der Waals surface area (Å²) in [6.07, 6.45) is 2.92. The van der Waals surface area contributed by atoms with Crippen molar-refractivity contribution in [1.82, 2.24) is 0 Å². The summed E-state index contributed by atoms with van der Waals surface area (Å²) in [7, 11) is 1.39. The lowest BCUT2D eigenvalue weighted by Crippen LogP contribution is -2.17. The maximum absolute atomic E-state index is 12.0. The number of rotatable bonds is 4. The van der Waals surface area contributed by atoms with E-state index in [4.69, 9.17) is 27.9 Å². The van der Waals surface area contributed by atoms with Crippen LogP contribution in [0.5, 0.6) is 0 Å². The Hall–Kier alpha value is -0.770. The van der Waals surface area contributed by atoms with Crippen LogP contribution in [-0.2, 0) is 9.53 Å². The Labute approximate surface area is 128 Å². The van der Waals surface area contributed by atoms with Gasteiger partial charge < -0.3 is 9.84 Å². The Morgan fingerprint density at radius 2 is 2.15 bits per heavy atom. The van der Waals surface area contributed by atoms with E-state index in [2.05, 4.69) is 0 Å². The fourth-order valence-electron chi connectivity index (χ4n) is 2.84. The van der Waals surface area contributed by atoms with Crippen LogP contribution in [0.4, 0.5) is 0 Å². The zero-order valence-corrected chi connectivity index (χ0v) is 12.8. The Kier molecular flexibility index (Phi) is 5.30. The number of esters is 1. The summed E-state index contributed by atoms with van der Waals surface area (Å²) in [6, 6.07) is 5.22. The maximum Gasteiger partial charge on any atom is 0.313 e. The minimum atomic E-state index is -0.356. The summed E-state index contributed by atoms with van der Waals surface area (Å²) in [6.45, 7) is 0. The molecule has 1 fully saturated rings. The van der Waals surface area contributed by atoms with E-state index in [-0.39, 0.29) is 18.0 Å². The molecule has 0 heterocycles. The van der Waals surface area contributed by atoms with Gasteiger partial charge in [0.25, 0.3) is 0 Å². The lowest BCUT2D eigenvalue weighted by atomic mass is 9.88. The molecule has 0 aromatic heterocycles. The Balaban J connectivity index is 2.18. The van der Waals surface area contributed by atoms with Gasteiger partial charge in [-0.05, 0) is 49.3 Å². The zero-order chi connectivity index (χ0) is 14.7. The number of carbonyl (C=O) groups is 1. The molecule has 0 amide bonds. The van der Waals surface area contributed by atoms with Crippen LogP contribution >= 0.6 is 23.2 Å². The number of carbonyl (C=O) groups excluding carboxylic acids is 1. The molecule has 1 aromatic carbocycles. The standard InChI is InChI=1S/C15H18Cl2O3/c1-20-15(19)12(7-9-2-4-11(18)6-9)10-3-5-13(16)14(17)8-10/h3,5,8-9,11-12,18H,2,4,6-7H2,1H3. The largest absolute Gasteiger partial charge is 0.469 e. The normalized spacial score (nSPS) is 23.6. The summed E-state index contributed by atoms with van der Waals surface area (Å²) in [5.41, 5.74) is 0.813. The van der Waals surface area contributed by atoms with E-state index in [1.165, 1.54) is 7.11 Å². The second kappa shape index (κ2) is 6.79. The molecular weight excluding hydrogens is 299 g/mol. The van der Waals surface area contributed by atoms with E-state index in [0.29, 0.717) is 22.4 Å². The van der Waals surface area contributed by atoms with E-state index in [1.807, 2.05) is 0 Å². The maximum atomic E-state index is 12.0. The van der Waals surface area contributed by atoms with Crippen molar-refractivity contribution < 1.29 is 14.6 Å². The van der Waals surface area contributed by atoms with Crippen LogP contribution in [0.15, 0.2) is 18.2 Å². The third-order valence-corrected chi connectivity index (χ3v) is 4.65. The number of aliphatic hydroxyl groups excluding tert-OH is 1. The first-order valence-corrected chi connectivity index (χ1v) is 7.47. The third kappa shape index (κ3) is 3.66. The Morgan fingerprint density at radius 1 is 1.40 bits per heavy atom. The number of hydrogen-bond acceptors (Lipinski definition) is 3. The average Bonchev–Trinajstić information content (AvgIpc) is 2.84. The van der Waals surface area contributed by atoms with Gasteiger partial charge in [-0.3, -0.25) is 4.79 Å². The molecule has 1 saturated carbocycles. The van der Waals surface area contributed by atoms with Crippen molar-refractivity contribution in [3.63, 3.8) is 0 Å². The highest BCUT2D eigenvalue weighted by atomic mass is 35.5. The Morgan fingerprint density at radius 3 is 2.70 bits per heavy atom. The Bertz CT molecular complexity index is 490. The molecule has 110 valence electrons. The molecule has 1 aliphatic carbocycles. The van der Waals surface area contributed by atoms with Gasteiger partial charge >= 0.3 is 5.97 Å². The van der Waals surface area contributed by atoms with E-state index in [1.54, 1.807) is 18.2 Å². The molecule has 0 aliphatic heterocycles. The molecule has 1 N–H and O–H groups in total. The number of ether oxygens (including phenoxy) is 1. The van der Waals surface area contributed by atoms with Crippen molar-refractivity contribution in [2.75, 3.05) is 7.11 Å². The van der Waals surface area contributed by atoms with Gasteiger partial charge in [-0.1, -0.05) is 29.3 Å². The topological polar surface area (TPSA) is 46.5 Å². The van der Waals surface area contributed by atoms with Gasteiger partial charge in [-0.25, -0.2) is 0 Å². The first-order chi connectivity index (χ1) is 9.51. The van der Waals surface area contributed by atoms with Gasteiger partial charge in [0.1, 0.15) is 0 Å². The fraction of sp³-hybridized carbons (Fsp3) is 0.533. The van der Waals surface area contributed by atoms with Gasteiger partial charge in [-0.2, -0.15) is 0 Å². The summed E-state index contributed by atoms with van der Waals surface area (Å²) in [4.78, 5) is 12.0. The lowest BCUT2D eigenvalue weighted by Gasteiger charge is -2.19. The number of aliphatic hydroxyl groups is 1. The molecule has 3 unspecified atom stereocenters. The van der Waals surface area contributed by atoms with Gasteiger partial charge in [-0.15, -0.1) is 0 Å². The molecule has 1 aromatic rings. The predicted octanol–water partition coefficient (Wildman–Crippen LogP) is 3.80. The molecule has 2 rings (SSSR count). The van der Waals surface area contributed by atoms with Crippen molar-refractivity contribution in [3.8, 4) is 0 Å².